The maximum absolute atomic E-state index is 9.73. The van der Waals surface area contributed by atoms with Crippen molar-refractivity contribution in [2.24, 2.45) is 0 Å². The summed E-state index contributed by atoms with van der Waals surface area (Å²) in [5, 5.41) is 3.12. The first-order chi connectivity index (χ1) is 34.5. The van der Waals surface area contributed by atoms with Crippen molar-refractivity contribution in [2.75, 3.05) is 0 Å². The standard InChI is InChI=1S/C51H30N4OS/c1-3-12-31(13-4-1)32-22-24-34(25-23-32)49-52-50(35-26-27-39-45(28-35)56-44-20-11-18-36(48(39)44)33-14-5-2-6-15-33)54-51(53-49)55-42-19-9-7-16-37(42)40-29-41-38-17-8-10-21-46(38)57-47(41)30-43(40)55/h1-30H/i2D,5D,6D,11D,14D,15D,18D,20D,22D,23D,24D,25D,26D,27D,28D. The maximum atomic E-state index is 9.73. The first-order valence-corrected chi connectivity index (χ1v) is 18.6. The first-order valence-electron chi connectivity index (χ1n) is 25.3. The SMILES string of the molecule is [2H]c1c([2H])c([2H])c(-c2c([2H])c([2H])c([2H])c3oc4c([2H])c(-c5nc(-c6c([2H])c([2H])c(-c7ccccc7)c([2H])c6[2H])nc(-n6c7ccccc7c7cc8c(cc76)sc6ccccc68)n5)c([2H])c([2H])c4c23)c([2H])c1[2H]. The van der Waals surface area contributed by atoms with Crippen LogP contribution in [0.5, 0.6) is 0 Å². The molecule has 0 atom stereocenters. The minimum atomic E-state index is -0.738. The van der Waals surface area contributed by atoms with Crippen LogP contribution in [-0.2, 0) is 0 Å². The lowest BCUT2D eigenvalue weighted by molar-refractivity contribution is 0.669. The van der Waals surface area contributed by atoms with E-state index in [1.54, 1.807) is 46.2 Å². The van der Waals surface area contributed by atoms with Gasteiger partial charge in [0.05, 0.1) is 31.6 Å². The van der Waals surface area contributed by atoms with E-state index in [4.69, 9.17) is 30.3 Å². The zero-order chi connectivity index (χ0) is 50.5. The molecule has 6 heteroatoms. The van der Waals surface area contributed by atoms with E-state index in [-0.39, 0.29) is 45.8 Å². The normalized spacial score (nSPS) is 15.5. The fraction of sp³-hybridized carbons (Fsp3) is 0. The van der Waals surface area contributed by atoms with Gasteiger partial charge in [-0.25, -0.2) is 4.98 Å². The molecule has 0 spiro atoms. The molecule has 0 saturated carbocycles. The number of para-hydroxylation sites is 1. The van der Waals surface area contributed by atoms with Gasteiger partial charge in [-0.05, 0) is 64.6 Å². The van der Waals surface area contributed by atoms with Crippen LogP contribution in [0.25, 0.3) is 115 Å². The van der Waals surface area contributed by atoms with Crippen molar-refractivity contribution in [1.29, 1.82) is 0 Å². The van der Waals surface area contributed by atoms with Crippen molar-refractivity contribution >= 4 is 75.3 Å². The van der Waals surface area contributed by atoms with Crippen LogP contribution in [0.1, 0.15) is 20.6 Å². The van der Waals surface area contributed by atoms with Gasteiger partial charge in [0.1, 0.15) is 11.2 Å². The monoisotopic (exact) mass is 761 g/mol. The fourth-order valence-electron chi connectivity index (χ4n) is 7.39. The Labute approximate surface area is 351 Å². The Bertz CT molecular complexity index is 4360. The summed E-state index contributed by atoms with van der Waals surface area (Å²) in [5.41, 5.74) is -0.773. The number of nitrogens with zero attached hydrogens (tertiary/aromatic N) is 4. The smallest absolute Gasteiger partial charge is 0.238 e. The van der Waals surface area contributed by atoms with Gasteiger partial charge < -0.3 is 4.42 Å². The Morgan fingerprint density at radius 2 is 1.21 bits per heavy atom. The lowest BCUT2D eigenvalue weighted by Crippen LogP contribution is -2.06. The van der Waals surface area contributed by atoms with Crippen LogP contribution in [0.4, 0.5) is 0 Å². The van der Waals surface area contributed by atoms with Gasteiger partial charge >= 0.3 is 0 Å². The van der Waals surface area contributed by atoms with Gasteiger partial charge in [-0.15, -0.1) is 11.3 Å². The number of aromatic nitrogens is 4. The molecule has 266 valence electrons. The van der Waals surface area contributed by atoms with E-state index < -0.39 is 112 Å². The third-order valence-electron chi connectivity index (χ3n) is 9.95. The van der Waals surface area contributed by atoms with Crippen molar-refractivity contribution < 1.29 is 25.0 Å². The summed E-state index contributed by atoms with van der Waals surface area (Å²) in [4.78, 5) is 14.5. The Kier molecular flexibility index (Phi) is 4.52. The average molecular weight is 762 g/mol. The highest BCUT2D eigenvalue weighted by molar-refractivity contribution is 7.25. The lowest BCUT2D eigenvalue weighted by Gasteiger charge is -2.11. The number of thiophene rings is 1. The largest absolute Gasteiger partial charge is 0.456 e. The summed E-state index contributed by atoms with van der Waals surface area (Å²) in [6.07, 6.45) is 0. The molecular formula is C51H30N4OS. The average Bonchev–Trinajstić information content (AvgIpc) is 4.06. The van der Waals surface area contributed by atoms with Crippen LogP contribution in [0.3, 0.4) is 0 Å². The third-order valence-corrected chi connectivity index (χ3v) is 11.1. The molecule has 0 amide bonds. The van der Waals surface area contributed by atoms with Crippen LogP contribution >= 0.6 is 11.3 Å². The summed E-state index contributed by atoms with van der Waals surface area (Å²) in [7, 11) is 0. The Hall–Kier alpha value is -7.41. The van der Waals surface area contributed by atoms with Crippen molar-refractivity contribution in [1.82, 2.24) is 19.5 Å². The highest BCUT2D eigenvalue weighted by atomic mass is 32.1. The second-order valence-electron chi connectivity index (χ2n) is 13.2. The molecule has 0 fully saturated rings. The van der Waals surface area contributed by atoms with Gasteiger partial charge in [0.2, 0.25) is 5.95 Å². The molecule has 0 aliphatic rings. The van der Waals surface area contributed by atoms with E-state index in [0.29, 0.717) is 16.6 Å². The quantitative estimate of drug-likeness (QED) is 0.175. The Morgan fingerprint density at radius 3 is 2.07 bits per heavy atom. The zero-order valence-electron chi connectivity index (χ0n) is 44.3. The van der Waals surface area contributed by atoms with E-state index in [1.165, 1.54) is 0 Å². The first kappa shape index (κ1) is 20.5. The van der Waals surface area contributed by atoms with Crippen molar-refractivity contribution in [3.63, 3.8) is 0 Å². The minimum absolute atomic E-state index is 0.0399. The number of fused-ring (bicyclic) bond motifs is 9. The molecule has 5 nitrogen and oxygen atoms in total. The molecule has 0 unspecified atom stereocenters. The highest BCUT2D eigenvalue weighted by Gasteiger charge is 2.21. The van der Waals surface area contributed by atoms with Gasteiger partial charge in [0, 0.05) is 52.8 Å². The molecule has 0 aliphatic carbocycles. The molecule has 12 rings (SSSR count). The minimum Gasteiger partial charge on any atom is -0.456 e. The van der Waals surface area contributed by atoms with Crippen LogP contribution < -0.4 is 0 Å². The molecule has 0 N–H and O–H groups in total. The van der Waals surface area contributed by atoms with Gasteiger partial charge in [0.25, 0.3) is 0 Å². The zero-order valence-corrected chi connectivity index (χ0v) is 30.1. The molecular weight excluding hydrogens is 717 g/mol. The van der Waals surface area contributed by atoms with E-state index in [9.17, 15) is 9.60 Å². The summed E-state index contributed by atoms with van der Waals surface area (Å²) in [5.74, 6) is -0.863. The second kappa shape index (κ2) is 12.6. The highest BCUT2D eigenvalue weighted by Crippen LogP contribution is 2.41. The van der Waals surface area contributed by atoms with Crippen LogP contribution in [0, 0.1) is 0 Å². The van der Waals surface area contributed by atoms with Crippen molar-refractivity contribution in [3.05, 3.63) is 182 Å². The van der Waals surface area contributed by atoms with E-state index >= 15 is 0 Å². The predicted octanol–water partition coefficient (Wildman–Crippen LogP) is 13.9. The van der Waals surface area contributed by atoms with Gasteiger partial charge in [-0.3, -0.25) is 4.57 Å². The summed E-state index contributed by atoms with van der Waals surface area (Å²) in [6, 6.07) is 18.8. The number of benzene rings is 8. The third kappa shape index (κ3) is 5.12. The van der Waals surface area contributed by atoms with Crippen LogP contribution in [0.2, 0.25) is 0 Å². The molecule has 4 heterocycles. The lowest BCUT2D eigenvalue weighted by atomic mass is 9.99. The molecule has 0 saturated heterocycles. The molecule has 0 bridgehead atoms. The Morgan fingerprint density at radius 1 is 0.474 bits per heavy atom. The number of hydrogen-bond donors (Lipinski definition) is 0. The predicted molar refractivity (Wildman–Crippen MR) is 236 cm³/mol. The molecule has 0 aliphatic heterocycles. The Balaban J connectivity index is 1.19. The van der Waals surface area contributed by atoms with Gasteiger partial charge in [-0.2, -0.15) is 9.97 Å². The van der Waals surface area contributed by atoms with Gasteiger partial charge in [-0.1, -0.05) is 139 Å². The maximum Gasteiger partial charge on any atom is 0.238 e. The molecule has 8 aromatic carbocycles. The molecule has 4 aromatic heterocycles. The van der Waals surface area contributed by atoms with E-state index in [1.807, 2.05) is 48.5 Å². The second-order valence-corrected chi connectivity index (χ2v) is 14.3. The van der Waals surface area contributed by atoms with Crippen LogP contribution in [-0.4, -0.2) is 19.5 Å². The van der Waals surface area contributed by atoms with E-state index in [0.717, 1.165) is 30.9 Å². The number of furan rings is 1. The topological polar surface area (TPSA) is 56.7 Å². The summed E-state index contributed by atoms with van der Waals surface area (Å²) >= 11 is 1.59. The van der Waals surface area contributed by atoms with Gasteiger partial charge in [0.15, 0.2) is 11.6 Å². The number of rotatable bonds is 5. The molecule has 12 aromatic rings. The van der Waals surface area contributed by atoms with Crippen molar-refractivity contribution in [3.8, 4) is 51.0 Å². The van der Waals surface area contributed by atoms with E-state index in [2.05, 4.69) is 12.1 Å². The fourth-order valence-corrected chi connectivity index (χ4v) is 8.51. The molecule has 57 heavy (non-hydrogen) atoms. The summed E-state index contributed by atoms with van der Waals surface area (Å²) < 4.78 is 145. The summed E-state index contributed by atoms with van der Waals surface area (Å²) in [6.45, 7) is 0. The molecule has 0 radical (unpaired) electrons. The van der Waals surface area contributed by atoms with Crippen molar-refractivity contribution in [2.45, 2.75) is 0 Å². The number of hydrogen-bond acceptors (Lipinski definition) is 5. The van der Waals surface area contributed by atoms with Crippen LogP contribution in [0.15, 0.2) is 186 Å².